The number of rotatable bonds is 1. The van der Waals surface area contributed by atoms with E-state index < -0.39 is 0 Å². The number of hydrogen-bond donors (Lipinski definition) is 0. The Hall–Kier alpha value is -3.59. The van der Waals surface area contributed by atoms with Crippen molar-refractivity contribution in [3.63, 3.8) is 0 Å². The molecule has 0 amide bonds. The van der Waals surface area contributed by atoms with E-state index in [1.54, 1.807) is 0 Å². The molecule has 6 aromatic rings. The maximum absolute atomic E-state index is 4.55. The van der Waals surface area contributed by atoms with E-state index in [0.29, 0.717) is 0 Å². The Morgan fingerprint density at radius 1 is 0.704 bits per heavy atom. The number of fused-ring (bicyclic) bond motifs is 6. The maximum Gasteiger partial charge on any atom is 0.0955 e. The Kier molecular flexibility index (Phi) is 2.81. The molecule has 27 heavy (non-hydrogen) atoms. The summed E-state index contributed by atoms with van der Waals surface area (Å²) in [5.74, 6) is 0. The third-order valence-electron chi connectivity index (χ3n) is 5.53. The molecule has 3 nitrogen and oxygen atoms in total. The van der Waals surface area contributed by atoms with Crippen LogP contribution in [0.25, 0.3) is 49.3 Å². The highest BCUT2D eigenvalue weighted by Gasteiger charge is 2.14. The fourth-order valence-corrected chi connectivity index (χ4v) is 4.28. The molecule has 2 aromatic heterocycles. The zero-order valence-electron chi connectivity index (χ0n) is 14.9. The van der Waals surface area contributed by atoms with Gasteiger partial charge in [0.1, 0.15) is 0 Å². The van der Waals surface area contributed by atoms with Crippen LogP contribution >= 0.6 is 0 Å². The predicted octanol–water partition coefficient (Wildman–Crippen LogP) is 5.82. The molecule has 0 aliphatic heterocycles. The molecular formula is C24H17N3. The first-order valence-electron chi connectivity index (χ1n) is 9.14. The highest BCUT2D eigenvalue weighted by molar-refractivity contribution is 6.21. The normalized spacial score (nSPS) is 11.9. The molecule has 0 N–H and O–H groups in total. The van der Waals surface area contributed by atoms with Crippen molar-refractivity contribution in [1.82, 2.24) is 14.1 Å². The van der Waals surface area contributed by atoms with Crippen molar-refractivity contribution >= 4 is 43.6 Å². The van der Waals surface area contributed by atoms with Gasteiger partial charge < -0.3 is 9.13 Å². The predicted molar refractivity (Wildman–Crippen MR) is 113 cm³/mol. The Morgan fingerprint density at radius 3 is 2.41 bits per heavy atom. The van der Waals surface area contributed by atoms with Gasteiger partial charge in [0, 0.05) is 23.5 Å². The van der Waals surface area contributed by atoms with Crippen LogP contribution in [0, 0.1) is 0 Å². The molecule has 0 saturated heterocycles. The number of aryl methyl sites for hydroxylation is 1. The lowest BCUT2D eigenvalue weighted by molar-refractivity contribution is 0.947. The minimum atomic E-state index is 1.02. The molecule has 0 unspecified atom stereocenters. The van der Waals surface area contributed by atoms with Gasteiger partial charge in [-0.3, -0.25) is 0 Å². The van der Waals surface area contributed by atoms with Crippen molar-refractivity contribution in [1.29, 1.82) is 0 Å². The summed E-state index contributed by atoms with van der Waals surface area (Å²) in [6.07, 6.45) is 1.87. The lowest BCUT2D eigenvalue weighted by Gasteiger charge is -2.08. The summed E-state index contributed by atoms with van der Waals surface area (Å²) in [5, 5.41) is 5.16. The van der Waals surface area contributed by atoms with Crippen LogP contribution in [0.5, 0.6) is 0 Å². The van der Waals surface area contributed by atoms with Gasteiger partial charge in [-0.1, -0.05) is 48.5 Å². The number of benzene rings is 4. The average Bonchev–Trinajstić information content (AvgIpc) is 3.25. The summed E-state index contributed by atoms with van der Waals surface area (Å²) in [5.41, 5.74) is 5.75. The van der Waals surface area contributed by atoms with Crippen LogP contribution in [0.15, 0.2) is 85.2 Å². The summed E-state index contributed by atoms with van der Waals surface area (Å²) in [6.45, 7) is 0. The lowest BCUT2D eigenvalue weighted by atomic mass is 10.0. The first kappa shape index (κ1) is 14.6. The van der Waals surface area contributed by atoms with E-state index in [1.807, 2.05) is 13.4 Å². The minimum Gasteiger partial charge on any atom is -0.334 e. The topological polar surface area (TPSA) is 22.8 Å². The van der Waals surface area contributed by atoms with Crippen molar-refractivity contribution < 1.29 is 0 Å². The largest absolute Gasteiger partial charge is 0.334 e. The first-order valence-corrected chi connectivity index (χ1v) is 9.14. The van der Waals surface area contributed by atoms with Crippen LogP contribution in [-0.4, -0.2) is 14.1 Å². The number of nitrogens with zero attached hydrogens (tertiary/aromatic N) is 3. The van der Waals surface area contributed by atoms with E-state index in [-0.39, 0.29) is 0 Å². The van der Waals surface area contributed by atoms with Gasteiger partial charge in [0.15, 0.2) is 0 Å². The first-order chi connectivity index (χ1) is 13.3. The van der Waals surface area contributed by atoms with E-state index in [4.69, 9.17) is 0 Å². The average molecular weight is 347 g/mol. The van der Waals surface area contributed by atoms with Crippen molar-refractivity contribution in [2.45, 2.75) is 0 Å². The van der Waals surface area contributed by atoms with E-state index in [9.17, 15) is 0 Å². The van der Waals surface area contributed by atoms with Gasteiger partial charge in [0.2, 0.25) is 0 Å². The van der Waals surface area contributed by atoms with E-state index in [1.165, 1.54) is 32.6 Å². The van der Waals surface area contributed by atoms with Gasteiger partial charge in [0.05, 0.1) is 28.4 Å². The van der Waals surface area contributed by atoms with E-state index in [0.717, 1.165) is 16.7 Å². The molecule has 0 aliphatic carbocycles. The molecular weight excluding hydrogens is 330 g/mol. The summed E-state index contributed by atoms with van der Waals surface area (Å²) < 4.78 is 4.41. The highest BCUT2D eigenvalue weighted by atomic mass is 15.0. The van der Waals surface area contributed by atoms with Gasteiger partial charge >= 0.3 is 0 Å². The molecule has 0 spiro atoms. The van der Waals surface area contributed by atoms with E-state index in [2.05, 4.69) is 93.0 Å². The molecule has 0 atom stereocenters. The maximum atomic E-state index is 4.55. The highest BCUT2D eigenvalue weighted by Crippen LogP contribution is 2.36. The fourth-order valence-electron chi connectivity index (χ4n) is 4.28. The van der Waals surface area contributed by atoms with Crippen molar-refractivity contribution in [2.24, 2.45) is 7.05 Å². The van der Waals surface area contributed by atoms with Gasteiger partial charge in [-0.25, -0.2) is 4.98 Å². The number of hydrogen-bond acceptors (Lipinski definition) is 1. The molecule has 128 valence electrons. The van der Waals surface area contributed by atoms with Gasteiger partial charge in [-0.05, 0) is 41.1 Å². The molecule has 3 heteroatoms. The van der Waals surface area contributed by atoms with E-state index >= 15 is 0 Å². The van der Waals surface area contributed by atoms with Gasteiger partial charge in [-0.15, -0.1) is 0 Å². The van der Waals surface area contributed by atoms with Gasteiger partial charge in [0.25, 0.3) is 0 Å². The molecule has 4 aromatic carbocycles. The van der Waals surface area contributed by atoms with Crippen LogP contribution < -0.4 is 0 Å². The summed E-state index contributed by atoms with van der Waals surface area (Å²) in [4.78, 5) is 4.55. The monoisotopic (exact) mass is 347 g/mol. The van der Waals surface area contributed by atoms with Crippen LogP contribution in [0.4, 0.5) is 0 Å². The smallest absolute Gasteiger partial charge is 0.0955 e. The van der Waals surface area contributed by atoms with Crippen LogP contribution in [0.1, 0.15) is 0 Å². The second-order valence-corrected chi connectivity index (χ2v) is 7.06. The zero-order chi connectivity index (χ0) is 18.0. The summed E-state index contributed by atoms with van der Waals surface area (Å²) in [6, 6.07) is 28.2. The molecule has 0 saturated carbocycles. The van der Waals surface area contributed by atoms with Crippen LogP contribution in [0.3, 0.4) is 0 Å². The van der Waals surface area contributed by atoms with Crippen LogP contribution in [-0.2, 0) is 7.05 Å². The van der Waals surface area contributed by atoms with Crippen LogP contribution in [0.2, 0.25) is 0 Å². The quantitative estimate of drug-likeness (QED) is 0.367. The molecule has 0 radical (unpaired) electrons. The minimum absolute atomic E-state index is 1.02. The van der Waals surface area contributed by atoms with Crippen molar-refractivity contribution in [2.75, 3.05) is 0 Å². The number of aromatic nitrogens is 3. The Balaban J connectivity index is 1.80. The third kappa shape index (κ3) is 1.94. The standard InChI is InChI=1S/C24H17N3/c1-26-15-25-20-14-17(11-13-22(20)26)27-21-9-5-4-8-19(21)24-18-7-3-2-6-16(18)10-12-23(24)27/h2-15H,1H3. The Bertz CT molecular complexity index is 1480. The molecule has 0 fully saturated rings. The van der Waals surface area contributed by atoms with Crippen molar-refractivity contribution in [3.05, 3.63) is 85.2 Å². The molecule has 0 bridgehead atoms. The van der Waals surface area contributed by atoms with Crippen molar-refractivity contribution in [3.8, 4) is 5.69 Å². The fraction of sp³-hybridized carbons (Fsp3) is 0.0417. The Labute approximate surface area is 156 Å². The van der Waals surface area contributed by atoms with Gasteiger partial charge in [-0.2, -0.15) is 0 Å². The lowest BCUT2D eigenvalue weighted by Crippen LogP contribution is -1.94. The second kappa shape index (κ2) is 5.21. The number of para-hydroxylation sites is 1. The second-order valence-electron chi connectivity index (χ2n) is 7.06. The molecule has 6 rings (SSSR count). The summed E-state index contributed by atoms with van der Waals surface area (Å²) >= 11 is 0. The third-order valence-corrected chi connectivity index (χ3v) is 5.53. The summed E-state index contributed by atoms with van der Waals surface area (Å²) in [7, 11) is 2.03. The SMILES string of the molecule is Cn1cnc2cc(-n3c4ccccc4c4c5ccccc5ccc43)ccc21. The molecule has 2 heterocycles. The number of imidazole rings is 1. The zero-order valence-corrected chi connectivity index (χ0v) is 14.9. The Morgan fingerprint density at radius 2 is 1.48 bits per heavy atom. The molecule has 0 aliphatic rings.